The average molecular weight is 279 g/mol. The molecule has 0 bridgehead atoms. The smallest absolute Gasteiger partial charge is 0.325 e. The summed E-state index contributed by atoms with van der Waals surface area (Å²) >= 11 is 0. The largest absolute Gasteiger partial charge is 0.411 e. The number of rotatable bonds is 4. The fraction of sp³-hybridized carbons (Fsp3) is 0. The first-order chi connectivity index (χ1) is 9.07. The van der Waals surface area contributed by atoms with Crippen LogP contribution < -0.4 is 4.72 Å². The second-order valence-corrected chi connectivity index (χ2v) is 4.67. The molecule has 0 fully saturated rings. The van der Waals surface area contributed by atoms with Crippen molar-refractivity contribution in [2.24, 2.45) is 0 Å². The van der Waals surface area contributed by atoms with Crippen molar-refractivity contribution in [1.29, 1.82) is 0 Å². The lowest BCUT2D eigenvalue weighted by Gasteiger charge is -2.06. The lowest BCUT2D eigenvalue weighted by atomic mass is 10.2. The van der Waals surface area contributed by atoms with Gasteiger partial charge in [0.2, 0.25) is 0 Å². The zero-order valence-corrected chi connectivity index (χ0v) is 10.4. The van der Waals surface area contributed by atoms with Gasteiger partial charge in [-0.3, -0.25) is 0 Å². The van der Waals surface area contributed by atoms with Crippen LogP contribution in [0.25, 0.3) is 0 Å². The molecule has 2 aromatic rings. The lowest BCUT2D eigenvalue weighted by Crippen LogP contribution is -2.21. The molecule has 19 heavy (non-hydrogen) atoms. The van der Waals surface area contributed by atoms with Crippen molar-refractivity contribution in [3.8, 4) is 0 Å². The van der Waals surface area contributed by atoms with E-state index in [4.69, 9.17) is 0 Å². The van der Waals surface area contributed by atoms with Gasteiger partial charge in [0.1, 0.15) is 12.1 Å². The van der Waals surface area contributed by atoms with Gasteiger partial charge in [0.15, 0.2) is 0 Å². The summed E-state index contributed by atoms with van der Waals surface area (Å²) in [6, 6.07) is 9.12. The van der Waals surface area contributed by atoms with Gasteiger partial charge in [0, 0.05) is 6.20 Å². The molecule has 0 aliphatic heterocycles. The van der Waals surface area contributed by atoms with Crippen LogP contribution in [-0.2, 0) is 14.5 Å². The quantitative estimate of drug-likeness (QED) is 0.896. The fourth-order valence-electron chi connectivity index (χ4n) is 1.22. The number of aromatic nitrogens is 2. The molecule has 98 valence electrons. The molecule has 0 atom stereocenters. The van der Waals surface area contributed by atoms with Crippen molar-refractivity contribution in [2.75, 3.05) is 4.72 Å². The molecule has 7 nitrogen and oxygen atoms in total. The Hall–Kier alpha value is -2.48. The molecule has 0 amide bonds. The van der Waals surface area contributed by atoms with Crippen molar-refractivity contribution in [3.05, 3.63) is 54.5 Å². The molecule has 0 spiro atoms. The topological polar surface area (TPSA) is 98.2 Å². The summed E-state index contributed by atoms with van der Waals surface area (Å²) in [5.41, 5.74) is 0.135. The predicted molar refractivity (Wildman–Crippen MR) is 66.4 cm³/mol. The van der Waals surface area contributed by atoms with Gasteiger partial charge < -0.3 is 4.18 Å². The highest BCUT2D eigenvalue weighted by atomic mass is 32.2. The summed E-state index contributed by atoms with van der Waals surface area (Å²) in [7, 11) is -4.27. The van der Waals surface area contributed by atoms with Gasteiger partial charge in [-0.15, -0.1) is 0 Å². The molecule has 0 radical (unpaired) electrons. The third kappa shape index (κ3) is 3.75. The third-order valence-corrected chi connectivity index (χ3v) is 2.84. The van der Waals surface area contributed by atoms with E-state index in [9.17, 15) is 13.2 Å². The van der Waals surface area contributed by atoms with Crippen LogP contribution in [0.4, 0.5) is 5.82 Å². The van der Waals surface area contributed by atoms with Crippen LogP contribution in [0.5, 0.6) is 0 Å². The normalized spacial score (nSPS) is 10.7. The summed E-state index contributed by atoms with van der Waals surface area (Å²) in [5, 5.41) is 0. The van der Waals surface area contributed by atoms with Crippen LogP contribution in [0.15, 0.2) is 48.9 Å². The first-order valence-electron chi connectivity index (χ1n) is 5.14. The van der Waals surface area contributed by atoms with Gasteiger partial charge in [0.25, 0.3) is 0 Å². The van der Waals surface area contributed by atoms with Crippen LogP contribution in [0.2, 0.25) is 0 Å². The average Bonchev–Trinajstić information content (AvgIpc) is 2.39. The van der Waals surface area contributed by atoms with E-state index in [1.807, 2.05) is 4.72 Å². The number of hydrogen-bond acceptors (Lipinski definition) is 6. The summed E-state index contributed by atoms with van der Waals surface area (Å²) in [6.45, 7) is 0. The highest BCUT2D eigenvalue weighted by molar-refractivity contribution is 7.88. The predicted octanol–water partition coefficient (Wildman–Crippen LogP) is 0.990. The Kier molecular flexibility index (Phi) is 3.71. The van der Waals surface area contributed by atoms with E-state index in [1.165, 1.54) is 24.4 Å². The highest BCUT2D eigenvalue weighted by Crippen LogP contribution is 2.07. The van der Waals surface area contributed by atoms with Crippen molar-refractivity contribution < 1.29 is 17.4 Å². The molecule has 1 aromatic carbocycles. The van der Waals surface area contributed by atoms with E-state index in [0.29, 0.717) is 0 Å². The summed E-state index contributed by atoms with van der Waals surface area (Å²) in [6.07, 6.45) is 2.51. The van der Waals surface area contributed by atoms with Crippen molar-refractivity contribution in [2.45, 2.75) is 0 Å². The molecule has 0 saturated heterocycles. The SMILES string of the molecule is O=C(OS(=O)(=O)Nc1ccncn1)c1ccccc1. The number of anilines is 1. The van der Waals surface area contributed by atoms with Gasteiger partial charge in [0.05, 0.1) is 5.56 Å². The van der Waals surface area contributed by atoms with E-state index in [2.05, 4.69) is 14.2 Å². The van der Waals surface area contributed by atoms with Gasteiger partial charge in [-0.25, -0.2) is 19.5 Å². The number of nitrogens with zero attached hydrogens (tertiary/aromatic N) is 2. The minimum atomic E-state index is -4.27. The molecule has 1 aromatic heterocycles. The van der Waals surface area contributed by atoms with E-state index in [1.54, 1.807) is 18.2 Å². The van der Waals surface area contributed by atoms with E-state index in [0.717, 1.165) is 6.33 Å². The van der Waals surface area contributed by atoms with Crippen molar-refractivity contribution in [1.82, 2.24) is 9.97 Å². The molecule has 2 rings (SSSR count). The Labute approximate surface area is 109 Å². The molecule has 0 unspecified atom stereocenters. The minimum absolute atomic E-state index is 0.0101. The number of carbonyl (C=O) groups excluding carboxylic acids is 1. The van der Waals surface area contributed by atoms with Gasteiger partial charge in [-0.05, 0) is 18.2 Å². The van der Waals surface area contributed by atoms with E-state index < -0.39 is 16.3 Å². The summed E-state index contributed by atoms with van der Waals surface area (Å²) in [4.78, 5) is 18.9. The van der Waals surface area contributed by atoms with E-state index in [-0.39, 0.29) is 11.4 Å². The zero-order valence-electron chi connectivity index (χ0n) is 9.55. The van der Waals surface area contributed by atoms with Crippen LogP contribution in [0, 0.1) is 0 Å². The van der Waals surface area contributed by atoms with Gasteiger partial charge in [-0.1, -0.05) is 18.2 Å². The molecular weight excluding hydrogens is 270 g/mol. The highest BCUT2D eigenvalue weighted by Gasteiger charge is 2.18. The minimum Gasteiger partial charge on any atom is -0.325 e. The Morgan fingerprint density at radius 2 is 1.89 bits per heavy atom. The summed E-state index contributed by atoms with van der Waals surface area (Å²) < 4.78 is 29.5. The van der Waals surface area contributed by atoms with Gasteiger partial charge >= 0.3 is 16.3 Å². The van der Waals surface area contributed by atoms with Crippen LogP contribution in [0.3, 0.4) is 0 Å². The summed E-state index contributed by atoms with van der Waals surface area (Å²) in [5.74, 6) is -0.960. The van der Waals surface area contributed by atoms with E-state index >= 15 is 0 Å². The molecule has 0 aliphatic carbocycles. The number of hydrogen-bond donors (Lipinski definition) is 1. The Balaban J connectivity index is 2.08. The first kappa shape index (κ1) is 13.0. The second kappa shape index (κ2) is 5.44. The lowest BCUT2D eigenvalue weighted by molar-refractivity contribution is 0.0748. The Morgan fingerprint density at radius 3 is 2.53 bits per heavy atom. The number of carbonyl (C=O) groups is 1. The number of benzene rings is 1. The maximum atomic E-state index is 11.6. The fourth-order valence-corrected chi connectivity index (χ4v) is 1.94. The second-order valence-electron chi connectivity index (χ2n) is 3.39. The maximum Gasteiger partial charge on any atom is 0.411 e. The molecule has 0 aliphatic rings. The first-order valence-corrected chi connectivity index (χ1v) is 6.55. The Morgan fingerprint density at radius 1 is 1.16 bits per heavy atom. The standard InChI is InChI=1S/C11H9N3O4S/c15-11(9-4-2-1-3-5-9)18-19(16,17)14-10-6-7-12-8-13-10/h1-8H,(H,12,13,14). The maximum absolute atomic E-state index is 11.6. The van der Waals surface area contributed by atoms with Crippen LogP contribution in [0.1, 0.15) is 10.4 Å². The molecule has 8 heteroatoms. The monoisotopic (exact) mass is 279 g/mol. The van der Waals surface area contributed by atoms with Crippen molar-refractivity contribution in [3.63, 3.8) is 0 Å². The zero-order chi connectivity index (χ0) is 13.7. The van der Waals surface area contributed by atoms with Gasteiger partial charge in [-0.2, -0.15) is 8.42 Å². The molecule has 1 heterocycles. The van der Waals surface area contributed by atoms with Crippen molar-refractivity contribution >= 4 is 22.1 Å². The molecular formula is C11H9N3O4S. The molecule has 0 saturated carbocycles. The number of nitrogens with one attached hydrogen (secondary N) is 1. The Bertz CT molecular complexity index is 659. The van der Waals surface area contributed by atoms with Crippen LogP contribution >= 0.6 is 0 Å². The van der Waals surface area contributed by atoms with Crippen LogP contribution in [-0.4, -0.2) is 24.4 Å². The third-order valence-electron chi connectivity index (χ3n) is 2.01. The molecule has 1 N–H and O–H groups in total.